The Morgan fingerprint density at radius 2 is 2.17 bits per heavy atom. The molecule has 0 aromatic heterocycles. The standard InChI is InChI=1S/C15H13N3O6/c1-2-23-15(22)12-11-9(14(21)24-17-11)7-18(16-12)10-6-4-3-5-8(10)13(19)20/h3-6,9H,2,7H2,1H3,(H,19,20). The lowest BCUT2D eigenvalue weighted by Crippen LogP contribution is -2.45. The summed E-state index contributed by atoms with van der Waals surface area (Å²) < 4.78 is 4.93. The summed E-state index contributed by atoms with van der Waals surface area (Å²) in [6.45, 7) is 1.77. The number of hydrogen-bond acceptors (Lipinski definition) is 8. The van der Waals surface area contributed by atoms with Gasteiger partial charge < -0.3 is 14.7 Å². The van der Waals surface area contributed by atoms with E-state index in [4.69, 9.17) is 4.74 Å². The number of oxime groups is 1. The van der Waals surface area contributed by atoms with E-state index in [0.717, 1.165) is 0 Å². The van der Waals surface area contributed by atoms with Crippen LogP contribution in [0.2, 0.25) is 0 Å². The number of hydrazone groups is 1. The second-order valence-corrected chi connectivity index (χ2v) is 5.01. The first kappa shape index (κ1) is 15.7. The van der Waals surface area contributed by atoms with Gasteiger partial charge in [-0.1, -0.05) is 17.3 Å². The molecule has 9 nitrogen and oxygen atoms in total. The molecule has 0 saturated heterocycles. The van der Waals surface area contributed by atoms with Crippen molar-refractivity contribution >= 4 is 35.0 Å². The van der Waals surface area contributed by atoms with E-state index in [2.05, 4.69) is 15.1 Å². The Morgan fingerprint density at radius 1 is 1.42 bits per heavy atom. The van der Waals surface area contributed by atoms with Crippen molar-refractivity contribution in [3.8, 4) is 0 Å². The van der Waals surface area contributed by atoms with Gasteiger partial charge in [-0.2, -0.15) is 5.10 Å². The molecule has 0 fully saturated rings. The molecule has 1 N–H and O–H groups in total. The SMILES string of the molecule is CCOC(=O)C1=NN(c2ccccc2C(=O)O)CC2C(=O)ON=C12. The molecule has 0 saturated carbocycles. The smallest absolute Gasteiger partial charge is 0.360 e. The van der Waals surface area contributed by atoms with Gasteiger partial charge in [-0.15, -0.1) is 0 Å². The number of para-hydroxylation sites is 1. The highest BCUT2D eigenvalue weighted by molar-refractivity contribution is 6.68. The normalized spacial score (nSPS) is 19.1. The molecule has 1 unspecified atom stereocenters. The quantitative estimate of drug-likeness (QED) is 0.636. The predicted octanol–water partition coefficient (Wildman–Crippen LogP) is 0.653. The topological polar surface area (TPSA) is 118 Å². The van der Waals surface area contributed by atoms with Crippen LogP contribution in [0, 0.1) is 5.92 Å². The molecule has 2 aliphatic heterocycles. The van der Waals surface area contributed by atoms with Crippen molar-refractivity contribution in [1.82, 2.24) is 0 Å². The van der Waals surface area contributed by atoms with Crippen LogP contribution < -0.4 is 5.01 Å². The zero-order chi connectivity index (χ0) is 17.3. The third-order valence-electron chi connectivity index (χ3n) is 3.55. The number of ether oxygens (including phenoxy) is 1. The van der Waals surface area contributed by atoms with Crippen LogP contribution in [0.4, 0.5) is 5.69 Å². The number of hydrogen-bond donors (Lipinski definition) is 1. The molecule has 0 amide bonds. The summed E-state index contributed by atoms with van der Waals surface area (Å²) in [5, 5.41) is 18.3. The van der Waals surface area contributed by atoms with Gasteiger partial charge in [0.15, 0.2) is 5.71 Å². The van der Waals surface area contributed by atoms with Crippen molar-refractivity contribution < 1.29 is 29.1 Å². The van der Waals surface area contributed by atoms with E-state index >= 15 is 0 Å². The molecule has 1 atom stereocenters. The molecule has 24 heavy (non-hydrogen) atoms. The number of carboxylic acid groups (broad SMARTS) is 1. The minimum atomic E-state index is -1.15. The van der Waals surface area contributed by atoms with E-state index in [-0.39, 0.29) is 35.8 Å². The Labute approximate surface area is 136 Å². The van der Waals surface area contributed by atoms with Crippen LogP contribution >= 0.6 is 0 Å². The molecule has 1 aromatic rings. The fourth-order valence-electron chi connectivity index (χ4n) is 2.46. The first-order chi connectivity index (χ1) is 11.5. The molecule has 0 bridgehead atoms. The number of anilines is 1. The highest BCUT2D eigenvalue weighted by atomic mass is 16.7. The zero-order valence-electron chi connectivity index (χ0n) is 12.6. The van der Waals surface area contributed by atoms with Gasteiger partial charge in [0.05, 0.1) is 24.4 Å². The van der Waals surface area contributed by atoms with Crippen LogP contribution in [0.25, 0.3) is 0 Å². The summed E-state index contributed by atoms with van der Waals surface area (Å²) in [5.41, 5.74) is 0.184. The Balaban J connectivity index is 2.06. The second-order valence-electron chi connectivity index (χ2n) is 5.01. The number of nitrogens with zero attached hydrogens (tertiary/aromatic N) is 3. The molecule has 1 aromatic carbocycles. The molecule has 3 rings (SSSR count). The third-order valence-corrected chi connectivity index (χ3v) is 3.55. The van der Waals surface area contributed by atoms with Crippen LogP contribution in [0.5, 0.6) is 0 Å². The lowest BCUT2D eigenvalue weighted by Gasteiger charge is -2.27. The number of carbonyl (C=O) groups is 3. The van der Waals surface area contributed by atoms with Crippen molar-refractivity contribution in [3.63, 3.8) is 0 Å². The number of esters is 1. The number of rotatable bonds is 4. The van der Waals surface area contributed by atoms with E-state index in [1.165, 1.54) is 17.1 Å². The van der Waals surface area contributed by atoms with Crippen LogP contribution in [0.3, 0.4) is 0 Å². The summed E-state index contributed by atoms with van der Waals surface area (Å²) in [7, 11) is 0. The summed E-state index contributed by atoms with van der Waals surface area (Å²) in [5.74, 6) is -3.35. The van der Waals surface area contributed by atoms with Gasteiger partial charge in [0.25, 0.3) is 0 Å². The minimum Gasteiger partial charge on any atom is -0.478 e. The third kappa shape index (κ3) is 2.60. The van der Waals surface area contributed by atoms with Gasteiger partial charge in [0.1, 0.15) is 11.6 Å². The van der Waals surface area contributed by atoms with Crippen LogP contribution in [-0.2, 0) is 19.2 Å². The number of benzene rings is 1. The van der Waals surface area contributed by atoms with E-state index in [0.29, 0.717) is 0 Å². The first-order valence-electron chi connectivity index (χ1n) is 7.17. The van der Waals surface area contributed by atoms with Gasteiger partial charge in [-0.05, 0) is 19.1 Å². The van der Waals surface area contributed by atoms with Crippen molar-refractivity contribution in [2.75, 3.05) is 18.2 Å². The van der Waals surface area contributed by atoms with E-state index in [1.54, 1.807) is 19.1 Å². The van der Waals surface area contributed by atoms with E-state index in [9.17, 15) is 19.5 Å². The van der Waals surface area contributed by atoms with Crippen molar-refractivity contribution in [3.05, 3.63) is 29.8 Å². The zero-order valence-corrected chi connectivity index (χ0v) is 12.6. The van der Waals surface area contributed by atoms with Crippen LogP contribution in [-0.4, -0.2) is 47.6 Å². The molecule has 0 aliphatic carbocycles. The highest BCUT2D eigenvalue weighted by Crippen LogP contribution is 2.28. The maximum absolute atomic E-state index is 12.1. The summed E-state index contributed by atoms with van der Waals surface area (Å²) >= 11 is 0. The van der Waals surface area contributed by atoms with E-state index in [1.807, 2.05) is 0 Å². The maximum Gasteiger partial charge on any atom is 0.360 e. The van der Waals surface area contributed by atoms with Gasteiger partial charge in [-0.25, -0.2) is 14.4 Å². The van der Waals surface area contributed by atoms with Crippen molar-refractivity contribution in [2.24, 2.45) is 16.2 Å². The minimum absolute atomic E-state index is 0.00351. The molecule has 2 heterocycles. The average molecular weight is 331 g/mol. The Hall–Kier alpha value is -3.23. The number of carbonyl (C=O) groups excluding carboxylic acids is 2. The van der Waals surface area contributed by atoms with Gasteiger partial charge in [0.2, 0.25) is 0 Å². The fourth-order valence-corrected chi connectivity index (χ4v) is 2.46. The Kier molecular flexibility index (Phi) is 3.98. The largest absolute Gasteiger partial charge is 0.478 e. The summed E-state index contributed by atoms with van der Waals surface area (Å²) in [4.78, 5) is 40.0. The van der Waals surface area contributed by atoms with Gasteiger partial charge in [-0.3, -0.25) is 5.01 Å². The summed E-state index contributed by atoms with van der Waals surface area (Å²) in [6.07, 6.45) is 0. The monoisotopic (exact) mass is 331 g/mol. The van der Waals surface area contributed by atoms with Crippen LogP contribution in [0.1, 0.15) is 17.3 Å². The number of carboxylic acids is 1. The molecular formula is C15H13N3O6. The predicted molar refractivity (Wildman–Crippen MR) is 81.8 cm³/mol. The molecule has 0 spiro atoms. The molecule has 124 valence electrons. The lowest BCUT2D eigenvalue weighted by molar-refractivity contribution is -0.143. The lowest BCUT2D eigenvalue weighted by atomic mass is 9.97. The van der Waals surface area contributed by atoms with E-state index < -0.39 is 23.8 Å². The van der Waals surface area contributed by atoms with Crippen LogP contribution in [0.15, 0.2) is 34.5 Å². The molecule has 9 heteroatoms. The molecule has 0 radical (unpaired) electrons. The highest BCUT2D eigenvalue weighted by Gasteiger charge is 2.44. The van der Waals surface area contributed by atoms with Gasteiger partial charge >= 0.3 is 17.9 Å². The van der Waals surface area contributed by atoms with Gasteiger partial charge in [0, 0.05) is 0 Å². The first-order valence-corrected chi connectivity index (χ1v) is 7.17. The molecular weight excluding hydrogens is 318 g/mol. The summed E-state index contributed by atoms with van der Waals surface area (Å²) in [6, 6.07) is 6.16. The van der Waals surface area contributed by atoms with Crippen molar-refractivity contribution in [2.45, 2.75) is 6.92 Å². The van der Waals surface area contributed by atoms with Crippen molar-refractivity contribution in [1.29, 1.82) is 0 Å². The number of aromatic carboxylic acids is 1. The average Bonchev–Trinajstić information content (AvgIpc) is 2.95. The second kappa shape index (κ2) is 6.11. The Morgan fingerprint density at radius 3 is 2.88 bits per heavy atom. The fraction of sp³-hybridized carbons (Fsp3) is 0.267. The number of fused-ring (bicyclic) bond motifs is 1. The molecule has 2 aliphatic rings. The maximum atomic E-state index is 12.1. The Bertz CT molecular complexity index is 785.